The van der Waals surface area contributed by atoms with Gasteiger partial charge in [0.15, 0.2) is 0 Å². The molecular weight excluding hydrogens is 328 g/mol. The smallest absolute Gasteiger partial charge is 0.224 e. The van der Waals surface area contributed by atoms with Crippen LogP contribution >= 0.6 is 0 Å². The monoisotopic (exact) mass is 354 g/mol. The van der Waals surface area contributed by atoms with Crippen molar-refractivity contribution in [3.63, 3.8) is 0 Å². The van der Waals surface area contributed by atoms with E-state index < -0.39 is 0 Å². The van der Waals surface area contributed by atoms with E-state index in [9.17, 15) is 5.11 Å². The molecule has 138 valence electrons. The van der Waals surface area contributed by atoms with E-state index >= 15 is 0 Å². The largest absolute Gasteiger partial charge is 0.496 e. The average Bonchev–Trinajstić information content (AvgIpc) is 3.13. The van der Waals surface area contributed by atoms with Gasteiger partial charge in [0.25, 0.3) is 0 Å². The van der Waals surface area contributed by atoms with Crippen LogP contribution < -0.4 is 15.0 Å². The van der Waals surface area contributed by atoms with Gasteiger partial charge in [0.05, 0.1) is 13.2 Å². The Kier molecular flexibility index (Phi) is 4.93. The number of piperidine rings is 1. The highest BCUT2D eigenvalue weighted by Gasteiger charge is 2.19. The first-order chi connectivity index (χ1) is 12.7. The molecule has 2 N–H and O–H groups in total. The van der Waals surface area contributed by atoms with Gasteiger partial charge in [-0.15, -0.1) is 0 Å². The van der Waals surface area contributed by atoms with E-state index in [0.29, 0.717) is 19.0 Å². The van der Waals surface area contributed by atoms with Crippen molar-refractivity contribution in [3.8, 4) is 5.75 Å². The number of fused-ring (bicyclic) bond motifs is 1. The molecular formula is C20H26N4O2. The number of nitrogens with one attached hydrogen (secondary N) is 1. The Bertz CT molecular complexity index is 780. The number of hydrogen-bond acceptors (Lipinski definition) is 6. The summed E-state index contributed by atoms with van der Waals surface area (Å²) in [5, 5.41) is 13.2. The summed E-state index contributed by atoms with van der Waals surface area (Å²) in [6, 6.07) is 6.32. The Hall–Kier alpha value is -2.34. The van der Waals surface area contributed by atoms with Crippen LogP contribution in [-0.2, 0) is 19.4 Å². The van der Waals surface area contributed by atoms with Crippen LogP contribution in [-0.4, -0.2) is 41.4 Å². The van der Waals surface area contributed by atoms with Crippen molar-refractivity contribution >= 4 is 11.8 Å². The zero-order valence-electron chi connectivity index (χ0n) is 15.2. The van der Waals surface area contributed by atoms with E-state index in [1.165, 1.54) is 17.5 Å². The number of anilines is 2. The van der Waals surface area contributed by atoms with Gasteiger partial charge < -0.3 is 20.1 Å². The minimum Gasteiger partial charge on any atom is -0.496 e. The molecule has 0 saturated carbocycles. The number of methoxy groups -OCH3 is 1. The summed E-state index contributed by atoms with van der Waals surface area (Å²) < 4.78 is 5.57. The predicted octanol–water partition coefficient (Wildman–Crippen LogP) is 2.55. The van der Waals surface area contributed by atoms with E-state index in [0.717, 1.165) is 49.4 Å². The van der Waals surface area contributed by atoms with Gasteiger partial charge in [0, 0.05) is 31.4 Å². The minimum atomic E-state index is -0.272. The van der Waals surface area contributed by atoms with Gasteiger partial charge in [-0.05, 0) is 55.4 Å². The van der Waals surface area contributed by atoms with Gasteiger partial charge in [-0.3, -0.25) is 0 Å². The van der Waals surface area contributed by atoms with Crippen LogP contribution in [0.1, 0.15) is 36.0 Å². The summed E-state index contributed by atoms with van der Waals surface area (Å²) in [4.78, 5) is 11.1. The molecule has 0 bridgehead atoms. The second-order valence-electron chi connectivity index (χ2n) is 7.12. The molecule has 6 heteroatoms. The SMILES string of the molecule is COc1cc2c(cc1CNc1nccc(N3CCCC(O)C3)n1)CCC2. The van der Waals surface area contributed by atoms with E-state index in [1.807, 2.05) is 6.07 Å². The molecule has 6 nitrogen and oxygen atoms in total. The lowest BCUT2D eigenvalue weighted by molar-refractivity contribution is 0.154. The number of aliphatic hydroxyl groups is 1. The topological polar surface area (TPSA) is 70.5 Å². The Morgan fingerprint density at radius 1 is 1.27 bits per heavy atom. The van der Waals surface area contributed by atoms with Crippen molar-refractivity contribution in [1.29, 1.82) is 0 Å². The molecule has 26 heavy (non-hydrogen) atoms. The van der Waals surface area contributed by atoms with E-state index in [-0.39, 0.29) is 6.10 Å². The van der Waals surface area contributed by atoms with Gasteiger partial charge in [0.2, 0.25) is 5.95 Å². The first kappa shape index (κ1) is 17.1. The second-order valence-corrected chi connectivity index (χ2v) is 7.12. The van der Waals surface area contributed by atoms with Crippen molar-refractivity contribution < 1.29 is 9.84 Å². The number of aryl methyl sites for hydroxylation is 2. The molecule has 0 radical (unpaired) electrons. The third-order valence-electron chi connectivity index (χ3n) is 5.29. The highest BCUT2D eigenvalue weighted by molar-refractivity contribution is 5.47. The molecule has 0 spiro atoms. The number of β-amino-alcohol motifs (C(OH)–C–C–N with tert-alkyl or cyclic N) is 1. The number of aliphatic hydroxyl groups excluding tert-OH is 1. The van der Waals surface area contributed by atoms with E-state index in [1.54, 1.807) is 13.3 Å². The van der Waals surface area contributed by atoms with Gasteiger partial charge in [0.1, 0.15) is 11.6 Å². The zero-order valence-corrected chi connectivity index (χ0v) is 15.2. The van der Waals surface area contributed by atoms with E-state index in [4.69, 9.17) is 4.74 Å². The summed E-state index contributed by atoms with van der Waals surface area (Å²) in [7, 11) is 1.72. The molecule has 0 amide bonds. The fourth-order valence-electron chi connectivity index (χ4n) is 3.93. The Balaban J connectivity index is 1.47. The number of aromatic nitrogens is 2. The molecule has 1 fully saturated rings. The Morgan fingerprint density at radius 2 is 2.12 bits per heavy atom. The van der Waals surface area contributed by atoms with Crippen molar-refractivity contribution in [2.75, 3.05) is 30.4 Å². The van der Waals surface area contributed by atoms with Crippen molar-refractivity contribution in [2.45, 2.75) is 44.8 Å². The van der Waals surface area contributed by atoms with Crippen LogP contribution in [0.25, 0.3) is 0 Å². The van der Waals surface area contributed by atoms with Gasteiger partial charge in [-0.2, -0.15) is 4.98 Å². The standard InChI is InChI=1S/C20H26N4O2/c1-26-18-11-15-5-2-4-14(15)10-16(18)12-22-20-21-8-7-19(23-20)24-9-3-6-17(25)13-24/h7-8,10-11,17,25H,2-6,9,12-13H2,1H3,(H,21,22,23). The molecule has 1 aromatic heterocycles. The number of rotatable bonds is 5. The first-order valence-corrected chi connectivity index (χ1v) is 9.41. The lowest BCUT2D eigenvalue weighted by Crippen LogP contribution is -2.38. The Labute approximate surface area is 154 Å². The van der Waals surface area contributed by atoms with Crippen molar-refractivity contribution in [3.05, 3.63) is 41.1 Å². The maximum absolute atomic E-state index is 9.88. The lowest BCUT2D eigenvalue weighted by Gasteiger charge is -2.31. The van der Waals surface area contributed by atoms with Crippen LogP contribution in [0.3, 0.4) is 0 Å². The number of hydrogen-bond donors (Lipinski definition) is 2. The quantitative estimate of drug-likeness (QED) is 0.860. The zero-order chi connectivity index (χ0) is 17.9. The van der Waals surface area contributed by atoms with Crippen LogP contribution in [0.2, 0.25) is 0 Å². The number of benzene rings is 1. The summed E-state index contributed by atoms with van der Waals surface area (Å²) in [6.45, 7) is 2.18. The average molecular weight is 354 g/mol. The maximum Gasteiger partial charge on any atom is 0.224 e. The molecule has 1 aromatic carbocycles. The lowest BCUT2D eigenvalue weighted by atomic mass is 10.1. The van der Waals surface area contributed by atoms with Crippen LogP contribution in [0.5, 0.6) is 5.75 Å². The molecule has 2 aliphatic rings. The predicted molar refractivity (Wildman–Crippen MR) is 102 cm³/mol. The molecule has 4 rings (SSSR count). The van der Waals surface area contributed by atoms with E-state index in [2.05, 4.69) is 32.3 Å². The summed E-state index contributed by atoms with van der Waals surface area (Å²) in [5.41, 5.74) is 3.97. The van der Waals surface area contributed by atoms with Gasteiger partial charge in [-0.25, -0.2) is 4.98 Å². The van der Waals surface area contributed by atoms with Gasteiger partial charge in [-0.1, -0.05) is 6.07 Å². The molecule has 1 aliphatic heterocycles. The molecule has 2 heterocycles. The van der Waals surface area contributed by atoms with Crippen molar-refractivity contribution in [2.24, 2.45) is 0 Å². The van der Waals surface area contributed by atoms with Crippen LogP contribution in [0, 0.1) is 0 Å². The molecule has 2 aromatic rings. The number of ether oxygens (including phenoxy) is 1. The highest BCUT2D eigenvalue weighted by Crippen LogP contribution is 2.30. The summed E-state index contributed by atoms with van der Waals surface area (Å²) >= 11 is 0. The fraction of sp³-hybridized carbons (Fsp3) is 0.500. The fourth-order valence-corrected chi connectivity index (χ4v) is 3.93. The molecule has 1 atom stereocenters. The molecule has 1 unspecified atom stereocenters. The molecule has 1 saturated heterocycles. The minimum absolute atomic E-state index is 0.272. The first-order valence-electron chi connectivity index (χ1n) is 9.41. The van der Waals surface area contributed by atoms with Crippen LogP contribution in [0.4, 0.5) is 11.8 Å². The second kappa shape index (κ2) is 7.50. The highest BCUT2D eigenvalue weighted by atomic mass is 16.5. The summed E-state index contributed by atoms with van der Waals surface area (Å²) in [5.74, 6) is 2.39. The number of nitrogens with zero attached hydrogens (tertiary/aromatic N) is 3. The van der Waals surface area contributed by atoms with Gasteiger partial charge >= 0.3 is 0 Å². The molecule has 1 aliphatic carbocycles. The third kappa shape index (κ3) is 3.60. The van der Waals surface area contributed by atoms with Crippen LogP contribution in [0.15, 0.2) is 24.4 Å². The normalized spacial score (nSPS) is 19.3. The van der Waals surface area contributed by atoms with Crippen molar-refractivity contribution in [1.82, 2.24) is 9.97 Å². The summed E-state index contributed by atoms with van der Waals surface area (Å²) in [6.07, 6.45) is 6.87. The maximum atomic E-state index is 9.88. The third-order valence-corrected chi connectivity index (χ3v) is 5.29. The Morgan fingerprint density at radius 3 is 2.92 bits per heavy atom.